The number of terminal acetylenes is 1. The Balaban J connectivity index is 2.51. The average molecular weight is 284 g/mol. The Morgan fingerprint density at radius 3 is 3.06 bits per heavy atom. The van der Waals surface area contributed by atoms with Crippen molar-refractivity contribution in [1.29, 1.82) is 0 Å². The molecule has 0 N–H and O–H groups in total. The molecule has 1 aromatic carbocycles. The number of amides is 1. The van der Waals surface area contributed by atoms with Crippen LogP contribution in [0.2, 0.25) is 0 Å². The molecule has 0 saturated carbocycles. The largest absolute Gasteiger partial charge is 0.481 e. The molecule has 0 aliphatic carbocycles. The van der Waals surface area contributed by atoms with E-state index in [2.05, 4.69) is 21.9 Å². The molecule has 1 aliphatic heterocycles. The molecule has 2 rings (SSSR count). The highest BCUT2D eigenvalue weighted by Gasteiger charge is 2.26. The van der Waals surface area contributed by atoms with Gasteiger partial charge in [0, 0.05) is 6.07 Å². The van der Waals surface area contributed by atoms with Gasteiger partial charge in [-0.2, -0.15) is 0 Å². The highest BCUT2D eigenvalue weighted by atomic mass is 79.9. The summed E-state index contributed by atoms with van der Waals surface area (Å²) in [6.45, 7) is 0.0308. The van der Waals surface area contributed by atoms with Crippen LogP contribution >= 0.6 is 15.9 Å². The number of rotatable bonds is 1. The van der Waals surface area contributed by atoms with E-state index in [0.29, 0.717) is 11.4 Å². The van der Waals surface area contributed by atoms with Gasteiger partial charge in [0.1, 0.15) is 11.6 Å². The minimum atomic E-state index is -0.436. The van der Waals surface area contributed by atoms with Crippen molar-refractivity contribution in [1.82, 2.24) is 0 Å². The van der Waals surface area contributed by atoms with Crippen LogP contribution in [0, 0.1) is 18.2 Å². The van der Waals surface area contributed by atoms with E-state index in [1.54, 1.807) is 0 Å². The molecule has 0 saturated heterocycles. The smallest absolute Gasteiger partial charge is 0.265 e. The van der Waals surface area contributed by atoms with Crippen LogP contribution in [-0.4, -0.2) is 19.1 Å². The van der Waals surface area contributed by atoms with Gasteiger partial charge in [-0.25, -0.2) is 4.39 Å². The van der Waals surface area contributed by atoms with Crippen molar-refractivity contribution in [2.24, 2.45) is 0 Å². The molecule has 0 radical (unpaired) electrons. The minimum absolute atomic E-state index is 0.115. The predicted molar refractivity (Wildman–Crippen MR) is 60.8 cm³/mol. The molecule has 82 valence electrons. The first-order valence-electron chi connectivity index (χ1n) is 4.49. The van der Waals surface area contributed by atoms with Crippen molar-refractivity contribution in [2.75, 3.05) is 18.1 Å². The van der Waals surface area contributed by atoms with Crippen molar-refractivity contribution < 1.29 is 13.9 Å². The second-order valence-electron chi connectivity index (χ2n) is 3.21. The average Bonchev–Trinajstić information content (AvgIpc) is 2.25. The molecule has 1 amide bonds. The number of benzene rings is 1. The van der Waals surface area contributed by atoms with Gasteiger partial charge in [0.15, 0.2) is 6.61 Å². The fourth-order valence-electron chi connectivity index (χ4n) is 1.46. The van der Waals surface area contributed by atoms with Gasteiger partial charge in [0.25, 0.3) is 5.91 Å². The van der Waals surface area contributed by atoms with Crippen LogP contribution in [0.3, 0.4) is 0 Å². The lowest BCUT2D eigenvalue weighted by Crippen LogP contribution is -2.39. The molecule has 0 bridgehead atoms. The van der Waals surface area contributed by atoms with E-state index in [9.17, 15) is 9.18 Å². The van der Waals surface area contributed by atoms with E-state index < -0.39 is 5.82 Å². The Morgan fingerprint density at radius 2 is 2.38 bits per heavy atom. The van der Waals surface area contributed by atoms with E-state index >= 15 is 0 Å². The maximum absolute atomic E-state index is 13.2. The zero-order chi connectivity index (χ0) is 11.7. The molecule has 1 aromatic rings. The summed E-state index contributed by atoms with van der Waals surface area (Å²) >= 11 is 3.05. The van der Waals surface area contributed by atoms with Gasteiger partial charge >= 0.3 is 0 Å². The van der Waals surface area contributed by atoms with E-state index in [4.69, 9.17) is 11.2 Å². The molecule has 0 aromatic heterocycles. The van der Waals surface area contributed by atoms with Crippen LogP contribution < -0.4 is 9.64 Å². The first kappa shape index (κ1) is 11.0. The monoisotopic (exact) mass is 283 g/mol. The lowest BCUT2D eigenvalue weighted by Gasteiger charge is -2.28. The van der Waals surface area contributed by atoms with Gasteiger partial charge in [0.05, 0.1) is 16.7 Å². The summed E-state index contributed by atoms with van der Waals surface area (Å²) in [7, 11) is 0. The van der Waals surface area contributed by atoms with Gasteiger partial charge in [-0.3, -0.25) is 9.69 Å². The second kappa shape index (κ2) is 4.14. The van der Waals surface area contributed by atoms with Crippen molar-refractivity contribution in [2.45, 2.75) is 0 Å². The van der Waals surface area contributed by atoms with Crippen LogP contribution in [0.1, 0.15) is 0 Å². The zero-order valence-electron chi connectivity index (χ0n) is 8.17. The summed E-state index contributed by atoms with van der Waals surface area (Å²) in [6, 6.07) is 2.72. The van der Waals surface area contributed by atoms with E-state index in [1.165, 1.54) is 17.0 Å². The summed E-state index contributed by atoms with van der Waals surface area (Å²) in [5.41, 5.74) is 0.488. The maximum atomic E-state index is 13.2. The summed E-state index contributed by atoms with van der Waals surface area (Å²) in [5.74, 6) is 2.04. The SMILES string of the molecule is C#CCN1C(=O)COc2cc(F)c(Br)cc21. The Bertz CT molecular complexity index is 495. The molecule has 0 unspecified atom stereocenters. The Labute approximate surface area is 100 Å². The Morgan fingerprint density at radius 1 is 1.62 bits per heavy atom. The lowest BCUT2D eigenvalue weighted by molar-refractivity contribution is -0.121. The molecule has 1 heterocycles. The topological polar surface area (TPSA) is 29.5 Å². The highest BCUT2D eigenvalue weighted by Crippen LogP contribution is 2.35. The van der Waals surface area contributed by atoms with Crippen molar-refractivity contribution in [3.05, 3.63) is 22.4 Å². The molecule has 0 fully saturated rings. The molecule has 0 atom stereocenters. The van der Waals surface area contributed by atoms with Crippen molar-refractivity contribution in [3.8, 4) is 18.1 Å². The molecule has 5 heteroatoms. The molecular weight excluding hydrogens is 277 g/mol. The first-order chi connectivity index (χ1) is 7.63. The number of hydrogen-bond acceptors (Lipinski definition) is 2. The number of halogens is 2. The van der Waals surface area contributed by atoms with E-state index in [0.717, 1.165) is 0 Å². The molecule has 1 aliphatic rings. The fraction of sp³-hybridized carbons (Fsp3) is 0.182. The minimum Gasteiger partial charge on any atom is -0.481 e. The van der Waals surface area contributed by atoms with Gasteiger partial charge < -0.3 is 4.74 Å². The van der Waals surface area contributed by atoms with E-state index in [-0.39, 0.29) is 23.5 Å². The maximum Gasteiger partial charge on any atom is 0.265 e. The van der Waals surface area contributed by atoms with Crippen molar-refractivity contribution in [3.63, 3.8) is 0 Å². The quantitative estimate of drug-likeness (QED) is 0.738. The van der Waals surface area contributed by atoms with Crippen LogP contribution in [0.4, 0.5) is 10.1 Å². The summed E-state index contributed by atoms with van der Waals surface area (Å²) in [4.78, 5) is 12.9. The van der Waals surface area contributed by atoms with Crippen LogP contribution in [0.5, 0.6) is 5.75 Å². The van der Waals surface area contributed by atoms with Gasteiger partial charge in [-0.15, -0.1) is 6.42 Å². The lowest BCUT2D eigenvalue weighted by atomic mass is 10.2. The third-order valence-electron chi connectivity index (χ3n) is 2.19. The number of fused-ring (bicyclic) bond motifs is 1. The molecule has 3 nitrogen and oxygen atoms in total. The van der Waals surface area contributed by atoms with Gasteiger partial charge in [-0.05, 0) is 22.0 Å². The number of carbonyl (C=O) groups excluding carboxylic acids is 1. The zero-order valence-corrected chi connectivity index (χ0v) is 9.75. The predicted octanol–water partition coefficient (Wildman–Crippen LogP) is 1.95. The third kappa shape index (κ3) is 1.76. The number of hydrogen-bond donors (Lipinski definition) is 0. The number of anilines is 1. The third-order valence-corrected chi connectivity index (χ3v) is 2.80. The molecule has 16 heavy (non-hydrogen) atoms. The molecular formula is C11H7BrFNO2. The number of ether oxygens (including phenoxy) is 1. The summed E-state index contributed by atoms with van der Waals surface area (Å²) in [6.07, 6.45) is 5.18. The first-order valence-corrected chi connectivity index (χ1v) is 5.28. The molecule has 0 spiro atoms. The van der Waals surface area contributed by atoms with Gasteiger partial charge in [-0.1, -0.05) is 5.92 Å². The summed E-state index contributed by atoms with van der Waals surface area (Å²) < 4.78 is 18.6. The normalized spacial score (nSPS) is 14.1. The fourth-order valence-corrected chi connectivity index (χ4v) is 1.79. The van der Waals surface area contributed by atoms with Crippen LogP contribution in [0.25, 0.3) is 0 Å². The van der Waals surface area contributed by atoms with Gasteiger partial charge in [0.2, 0.25) is 0 Å². The van der Waals surface area contributed by atoms with Crippen LogP contribution in [-0.2, 0) is 4.79 Å². The van der Waals surface area contributed by atoms with Crippen molar-refractivity contribution >= 4 is 27.5 Å². The highest BCUT2D eigenvalue weighted by molar-refractivity contribution is 9.10. The summed E-state index contributed by atoms with van der Waals surface area (Å²) in [5, 5.41) is 0. The number of carbonyl (C=O) groups is 1. The Kier molecular flexibility index (Phi) is 2.84. The number of nitrogens with zero attached hydrogens (tertiary/aromatic N) is 1. The Hall–Kier alpha value is -1.54. The second-order valence-corrected chi connectivity index (χ2v) is 4.06. The van der Waals surface area contributed by atoms with Crippen LogP contribution in [0.15, 0.2) is 16.6 Å². The standard InChI is InChI=1S/C11H7BrFNO2/c1-2-3-14-9-4-7(12)8(13)5-10(9)16-6-11(14)15/h1,4-5H,3,6H2. The van der Waals surface area contributed by atoms with E-state index in [1.807, 2.05) is 0 Å².